The summed E-state index contributed by atoms with van der Waals surface area (Å²) >= 11 is 0. The van der Waals surface area contributed by atoms with Gasteiger partial charge in [0.05, 0.1) is 6.10 Å². The van der Waals surface area contributed by atoms with Crippen molar-refractivity contribution in [2.75, 3.05) is 6.54 Å². The third-order valence-corrected chi connectivity index (χ3v) is 3.02. The molecule has 19 heavy (non-hydrogen) atoms. The third kappa shape index (κ3) is 4.24. The second kappa shape index (κ2) is 6.57. The summed E-state index contributed by atoms with van der Waals surface area (Å²) in [6.45, 7) is 5.20. The van der Waals surface area contributed by atoms with E-state index in [4.69, 9.17) is 9.47 Å². The molecule has 0 aliphatic carbocycles. The Balaban J connectivity index is 1.80. The van der Waals surface area contributed by atoms with Crippen molar-refractivity contribution in [2.45, 2.75) is 45.4 Å². The minimum Gasteiger partial charge on any atom is -0.491 e. The summed E-state index contributed by atoms with van der Waals surface area (Å²) in [5.74, 6) is 0.683. The molecule has 1 aliphatic rings. The Morgan fingerprint density at radius 3 is 2.68 bits per heavy atom. The van der Waals surface area contributed by atoms with E-state index in [2.05, 4.69) is 5.32 Å². The van der Waals surface area contributed by atoms with Gasteiger partial charge >= 0.3 is 5.97 Å². The Bertz CT molecular complexity index is 408. The summed E-state index contributed by atoms with van der Waals surface area (Å²) in [4.78, 5) is 11.7. The van der Waals surface area contributed by atoms with Crippen LogP contribution in [0.3, 0.4) is 0 Å². The molecule has 2 rings (SSSR count). The Hall–Kier alpha value is -1.55. The van der Waals surface area contributed by atoms with Gasteiger partial charge in [0.25, 0.3) is 0 Å². The first-order chi connectivity index (χ1) is 9.15. The number of esters is 1. The zero-order valence-corrected chi connectivity index (χ0v) is 11.5. The number of benzene rings is 1. The van der Waals surface area contributed by atoms with Crippen LogP contribution in [0.15, 0.2) is 24.3 Å². The first kappa shape index (κ1) is 13.9. The molecular weight excluding hydrogens is 242 g/mol. The molecule has 1 atom stereocenters. The number of carbonyl (C=O) groups is 1. The molecule has 0 aromatic heterocycles. The smallest absolute Gasteiger partial charge is 0.323 e. The lowest BCUT2D eigenvalue weighted by molar-refractivity contribution is -0.147. The zero-order valence-electron chi connectivity index (χ0n) is 11.5. The van der Waals surface area contributed by atoms with E-state index in [1.165, 1.54) is 0 Å². The molecule has 1 unspecified atom stereocenters. The molecule has 0 bridgehead atoms. The summed E-state index contributed by atoms with van der Waals surface area (Å²) < 4.78 is 10.8. The van der Waals surface area contributed by atoms with Crippen molar-refractivity contribution in [3.8, 4) is 5.75 Å². The first-order valence-corrected chi connectivity index (χ1v) is 6.81. The minimum absolute atomic E-state index is 0.122. The average Bonchev–Trinajstić information content (AvgIpc) is 2.91. The Kier molecular flexibility index (Phi) is 4.80. The largest absolute Gasteiger partial charge is 0.491 e. The van der Waals surface area contributed by atoms with E-state index in [1.54, 1.807) is 0 Å². The second-order valence-electron chi connectivity index (χ2n) is 5.07. The van der Waals surface area contributed by atoms with E-state index in [0.29, 0.717) is 6.61 Å². The fourth-order valence-electron chi connectivity index (χ4n) is 2.08. The molecule has 1 aromatic carbocycles. The highest BCUT2D eigenvalue weighted by Crippen LogP contribution is 2.15. The molecule has 1 aromatic rings. The summed E-state index contributed by atoms with van der Waals surface area (Å²) in [6.07, 6.45) is 2.08. The lowest BCUT2D eigenvalue weighted by atomic mass is 10.2. The zero-order chi connectivity index (χ0) is 13.7. The van der Waals surface area contributed by atoms with Gasteiger partial charge in [-0.15, -0.1) is 0 Å². The number of nitrogens with one attached hydrogen (secondary N) is 1. The van der Waals surface area contributed by atoms with Gasteiger partial charge in [-0.3, -0.25) is 4.79 Å². The van der Waals surface area contributed by atoms with Crippen molar-refractivity contribution >= 4 is 5.97 Å². The van der Waals surface area contributed by atoms with E-state index in [1.807, 2.05) is 38.1 Å². The summed E-state index contributed by atoms with van der Waals surface area (Å²) in [6, 6.07) is 7.53. The topological polar surface area (TPSA) is 47.6 Å². The van der Waals surface area contributed by atoms with Crippen LogP contribution in [0.25, 0.3) is 0 Å². The van der Waals surface area contributed by atoms with Crippen molar-refractivity contribution in [1.29, 1.82) is 0 Å². The van der Waals surface area contributed by atoms with E-state index >= 15 is 0 Å². The van der Waals surface area contributed by atoms with Gasteiger partial charge in [0.2, 0.25) is 0 Å². The quantitative estimate of drug-likeness (QED) is 0.828. The first-order valence-electron chi connectivity index (χ1n) is 6.81. The highest BCUT2D eigenvalue weighted by molar-refractivity contribution is 5.76. The van der Waals surface area contributed by atoms with Crippen LogP contribution in [0.5, 0.6) is 5.75 Å². The molecule has 1 aliphatic heterocycles. The fourth-order valence-corrected chi connectivity index (χ4v) is 2.08. The Morgan fingerprint density at radius 2 is 2.11 bits per heavy atom. The van der Waals surface area contributed by atoms with Crippen LogP contribution in [0.1, 0.15) is 32.3 Å². The average molecular weight is 263 g/mol. The van der Waals surface area contributed by atoms with E-state index in [9.17, 15) is 4.79 Å². The van der Waals surface area contributed by atoms with Gasteiger partial charge in [-0.1, -0.05) is 12.1 Å². The molecular formula is C15H21NO3. The summed E-state index contributed by atoms with van der Waals surface area (Å²) in [7, 11) is 0. The maximum absolute atomic E-state index is 11.7. The van der Waals surface area contributed by atoms with Crippen LogP contribution in [-0.4, -0.2) is 24.7 Å². The third-order valence-electron chi connectivity index (χ3n) is 3.02. The molecule has 0 spiro atoms. The molecule has 1 N–H and O–H groups in total. The number of hydrogen-bond donors (Lipinski definition) is 1. The molecule has 0 radical (unpaired) electrons. The molecule has 1 heterocycles. The molecule has 0 amide bonds. The van der Waals surface area contributed by atoms with Crippen LogP contribution in [0, 0.1) is 0 Å². The summed E-state index contributed by atoms with van der Waals surface area (Å²) in [5, 5.41) is 3.13. The highest BCUT2D eigenvalue weighted by Gasteiger charge is 2.23. The van der Waals surface area contributed by atoms with Crippen LogP contribution in [-0.2, 0) is 16.1 Å². The normalized spacial score (nSPS) is 18.6. The Labute approximate surface area is 114 Å². The Morgan fingerprint density at radius 1 is 1.37 bits per heavy atom. The highest BCUT2D eigenvalue weighted by atomic mass is 16.5. The maximum Gasteiger partial charge on any atom is 0.323 e. The van der Waals surface area contributed by atoms with Crippen molar-refractivity contribution in [3.05, 3.63) is 29.8 Å². The predicted molar refractivity (Wildman–Crippen MR) is 73.0 cm³/mol. The molecule has 4 heteroatoms. The number of hydrogen-bond acceptors (Lipinski definition) is 4. The molecule has 1 fully saturated rings. The van der Waals surface area contributed by atoms with E-state index < -0.39 is 0 Å². The number of rotatable bonds is 5. The fraction of sp³-hybridized carbons (Fsp3) is 0.533. The maximum atomic E-state index is 11.7. The molecule has 0 saturated carbocycles. The second-order valence-corrected chi connectivity index (χ2v) is 5.07. The lowest BCUT2D eigenvalue weighted by Crippen LogP contribution is -2.32. The molecule has 1 saturated heterocycles. The monoisotopic (exact) mass is 263 g/mol. The van der Waals surface area contributed by atoms with Gasteiger partial charge in [-0.25, -0.2) is 0 Å². The molecule has 104 valence electrons. The lowest BCUT2D eigenvalue weighted by Gasteiger charge is -2.12. The molecule has 4 nitrogen and oxygen atoms in total. The number of ether oxygens (including phenoxy) is 2. The van der Waals surface area contributed by atoms with Crippen molar-refractivity contribution in [1.82, 2.24) is 5.32 Å². The minimum atomic E-state index is -0.153. The van der Waals surface area contributed by atoms with Gasteiger partial charge in [-0.05, 0) is 50.9 Å². The summed E-state index contributed by atoms with van der Waals surface area (Å²) in [5.41, 5.74) is 0.974. The SMILES string of the molecule is CC(C)Oc1ccc(COC(=O)C2CCCN2)cc1. The van der Waals surface area contributed by atoms with Gasteiger partial charge < -0.3 is 14.8 Å². The van der Waals surface area contributed by atoms with Crippen LogP contribution in [0.2, 0.25) is 0 Å². The van der Waals surface area contributed by atoms with Gasteiger partial charge in [0, 0.05) is 0 Å². The standard InChI is InChI=1S/C15H21NO3/c1-11(2)19-13-7-5-12(6-8-13)10-18-15(17)14-4-3-9-16-14/h5-8,11,14,16H,3-4,9-10H2,1-2H3. The van der Waals surface area contributed by atoms with Crippen LogP contribution >= 0.6 is 0 Å². The predicted octanol–water partition coefficient (Wildman–Crippen LogP) is 2.27. The van der Waals surface area contributed by atoms with E-state index in [-0.39, 0.29) is 18.1 Å². The van der Waals surface area contributed by atoms with Gasteiger partial charge in [0.1, 0.15) is 18.4 Å². The van der Waals surface area contributed by atoms with Crippen LogP contribution in [0.4, 0.5) is 0 Å². The number of carbonyl (C=O) groups excluding carboxylic acids is 1. The van der Waals surface area contributed by atoms with Crippen LogP contribution < -0.4 is 10.1 Å². The van der Waals surface area contributed by atoms with E-state index in [0.717, 1.165) is 30.7 Å². The van der Waals surface area contributed by atoms with Crippen molar-refractivity contribution < 1.29 is 14.3 Å². The van der Waals surface area contributed by atoms with Gasteiger partial charge in [0.15, 0.2) is 0 Å². The van der Waals surface area contributed by atoms with Gasteiger partial charge in [-0.2, -0.15) is 0 Å². The van der Waals surface area contributed by atoms with Crippen molar-refractivity contribution in [3.63, 3.8) is 0 Å². The van der Waals surface area contributed by atoms with Crippen molar-refractivity contribution in [2.24, 2.45) is 0 Å².